The van der Waals surface area contributed by atoms with Crippen LogP contribution in [0.25, 0.3) is 0 Å². The summed E-state index contributed by atoms with van der Waals surface area (Å²) < 4.78 is 47.6. The molecule has 0 fully saturated rings. The third-order valence-corrected chi connectivity index (χ3v) is 4.04. The van der Waals surface area contributed by atoms with Gasteiger partial charge in [0.1, 0.15) is 17.3 Å². The van der Waals surface area contributed by atoms with Gasteiger partial charge in [-0.2, -0.15) is 8.78 Å². The molecule has 0 aliphatic rings. The molecule has 0 unspecified atom stereocenters. The molecule has 1 N–H and O–H groups in total. The van der Waals surface area contributed by atoms with Gasteiger partial charge in [-0.1, -0.05) is 48.5 Å². The highest BCUT2D eigenvalue weighted by molar-refractivity contribution is 5.78. The van der Waals surface area contributed by atoms with Crippen LogP contribution in [0.4, 0.5) is 13.2 Å². The normalized spacial score (nSPS) is 11.7. The van der Waals surface area contributed by atoms with Gasteiger partial charge in [0.05, 0.1) is 6.04 Å². The fourth-order valence-corrected chi connectivity index (χ4v) is 2.75. The summed E-state index contributed by atoms with van der Waals surface area (Å²) in [5.41, 5.74) is 1.48. The molecule has 1 atom stereocenters. The number of rotatable bonds is 8. The van der Waals surface area contributed by atoms with Gasteiger partial charge in [-0.25, -0.2) is 4.39 Å². The van der Waals surface area contributed by atoms with Crippen molar-refractivity contribution in [2.24, 2.45) is 0 Å². The van der Waals surface area contributed by atoms with Crippen LogP contribution < -0.4 is 14.8 Å². The topological polar surface area (TPSA) is 47.6 Å². The summed E-state index contributed by atoms with van der Waals surface area (Å²) in [4.78, 5) is 12.4. The number of halogens is 3. The van der Waals surface area contributed by atoms with Crippen LogP contribution >= 0.6 is 0 Å². The highest BCUT2D eigenvalue weighted by Gasteiger charge is 2.18. The largest absolute Gasteiger partial charge is 0.484 e. The van der Waals surface area contributed by atoms with Crippen molar-refractivity contribution in [3.63, 3.8) is 0 Å². The first-order valence-corrected chi connectivity index (χ1v) is 8.79. The van der Waals surface area contributed by atoms with Crippen LogP contribution in [0.5, 0.6) is 11.5 Å². The van der Waals surface area contributed by atoms with E-state index >= 15 is 0 Å². The predicted octanol–water partition coefficient (Wildman–Crippen LogP) is 4.71. The van der Waals surface area contributed by atoms with Crippen LogP contribution in [0.15, 0.2) is 78.9 Å². The molecule has 3 aromatic rings. The SMILES string of the molecule is O=C(COc1cccc(F)c1)N[C@H](c1ccccc1)c1ccc(OC(F)F)cc1. The van der Waals surface area contributed by atoms with Gasteiger partial charge in [0.25, 0.3) is 5.91 Å². The first-order valence-electron chi connectivity index (χ1n) is 8.79. The summed E-state index contributed by atoms with van der Waals surface area (Å²) in [7, 11) is 0. The molecule has 0 aromatic heterocycles. The quantitative estimate of drug-likeness (QED) is 0.595. The molecule has 3 aromatic carbocycles. The zero-order valence-electron chi connectivity index (χ0n) is 15.2. The van der Waals surface area contributed by atoms with Crippen LogP contribution in [0, 0.1) is 5.82 Å². The van der Waals surface area contributed by atoms with Crippen molar-refractivity contribution in [2.45, 2.75) is 12.7 Å². The molecule has 0 saturated heterocycles. The van der Waals surface area contributed by atoms with Crippen molar-refractivity contribution in [3.05, 3.63) is 95.8 Å². The Morgan fingerprint density at radius 2 is 1.55 bits per heavy atom. The van der Waals surface area contributed by atoms with Crippen LogP contribution in [-0.4, -0.2) is 19.1 Å². The van der Waals surface area contributed by atoms with Gasteiger partial charge in [-0.15, -0.1) is 0 Å². The van der Waals surface area contributed by atoms with E-state index in [-0.39, 0.29) is 18.1 Å². The average Bonchev–Trinajstić information content (AvgIpc) is 2.71. The van der Waals surface area contributed by atoms with Gasteiger partial charge in [0.2, 0.25) is 0 Å². The van der Waals surface area contributed by atoms with Crippen molar-refractivity contribution >= 4 is 5.91 Å². The number of nitrogens with one attached hydrogen (secondary N) is 1. The molecule has 0 saturated carbocycles. The number of ether oxygens (including phenoxy) is 2. The van der Waals surface area contributed by atoms with E-state index < -0.39 is 24.4 Å². The van der Waals surface area contributed by atoms with Gasteiger partial charge in [-0.3, -0.25) is 4.79 Å². The van der Waals surface area contributed by atoms with E-state index in [9.17, 15) is 18.0 Å². The molecule has 3 rings (SSSR count). The number of benzene rings is 3. The Morgan fingerprint density at radius 1 is 0.862 bits per heavy atom. The Balaban J connectivity index is 1.73. The van der Waals surface area contributed by atoms with Gasteiger partial charge in [0, 0.05) is 6.07 Å². The average molecular weight is 401 g/mol. The van der Waals surface area contributed by atoms with Crippen LogP contribution in [0.2, 0.25) is 0 Å². The highest BCUT2D eigenvalue weighted by atomic mass is 19.3. The molecular weight excluding hydrogens is 383 g/mol. The number of alkyl halides is 2. The van der Waals surface area contributed by atoms with Crippen LogP contribution in [0.3, 0.4) is 0 Å². The fourth-order valence-electron chi connectivity index (χ4n) is 2.75. The summed E-state index contributed by atoms with van der Waals surface area (Å²) in [6.07, 6.45) is 0. The molecule has 0 heterocycles. The van der Waals surface area contributed by atoms with Crippen LogP contribution in [0.1, 0.15) is 17.2 Å². The standard InChI is InChI=1S/C22H18F3NO3/c23-17-7-4-8-19(13-17)28-14-20(27)26-21(15-5-2-1-3-6-15)16-9-11-18(12-10-16)29-22(24)25/h1-13,21-22H,14H2,(H,26,27)/t21-/m1/s1. The number of carbonyl (C=O) groups excluding carboxylic acids is 1. The maximum absolute atomic E-state index is 13.2. The van der Waals surface area contributed by atoms with E-state index in [1.165, 1.54) is 30.3 Å². The number of hydrogen-bond donors (Lipinski definition) is 1. The third-order valence-electron chi connectivity index (χ3n) is 4.04. The summed E-state index contributed by atoms with van der Waals surface area (Å²) >= 11 is 0. The summed E-state index contributed by atoms with van der Waals surface area (Å²) in [6, 6.07) is 20.2. The molecule has 29 heavy (non-hydrogen) atoms. The second-order valence-electron chi connectivity index (χ2n) is 6.10. The Bertz CT molecular complexity index is 934. The van der Waals surface area contributed by atoms with Crippen molar-refractivity contribution in [1.82, 2.24) is 5.32 Å². The minimum atomic E-state index is -2.91. The Labute approximate surface area is 165 Å². The van der Waals surface area contributed by atoms with E-state index in [1.54, 1.807) is 18.2 Å². The Hall–Kier alpha value is -3.48. The van der Waals surface area contributed by atoms with Crippen molar-refractivity contribution in [1.29, 1.82) is 0 Å². The first kappa shape index (κ1) is 20.3. The van der Waals surface area contributed by atoms with E-state index in [0.29, 0.717) is 5.56 Å². The lowest BCUT2D eigenvalue weighted by atomic mass is 9.98. The van der Waals surface area contributed by atoms with Gasteiger partial charge in [-0.05, 0) is 35.4 Å². The molecule has 0 spiro atoms. The maximum Gasteiger partial charge on any atom is 0.387 e. The Kier molecular flexibility index (Phi) is 6.73. The molecule has 1 amide bonds. The second kappa shape index (κ2) is 9.64. The van der Waals surface area contributed by atoms with Gasteiger partial charge < -0.3 is 14.8 Å². The first-order chi connectivity index (χ1) is 14.0. The smallest absolute Gasteiger partial charge is 0.387 e. The Morgan fingerprint density at radius 3 is 2.21 bits per heavy atom. The van der Waals surface area contributed by atoms with Crippen molar-refractivity contribution in [3.8, 4) is 11.5 Å². The molecular formula is C22H18F3NO3. The van der Waals surface area contributed by atoms with E-state index in [1.807, 2.05) is 30.3 Å². The summed E-state index contributed by atoms with van der Waals surface area (Å²) in [5, 5.41) is 2.85. The van der Waals surface area contributed by atoms with Gasteiger partial charge in [0.15, 0.2) is 6.61 Å². The number of hydrogen-bond acceptors (Lipinski definition) is 3. The molecule has 0 aliphatic heterocycles. The second-order valence-corrected chi connectivity index (χ2v) is 6.10. The molecule has 150 valence electrons. The molecule has 0 radical (unpaired) electrons. The summed E-state index contributed by atoms with van der Waals surface area (Å²) in [5.74, 6) is -0.617. The van der Waals surface area contributed by atoms with E-state index in [0.717, 1.165) is 5.56 Å². The lowest BCUT2D eigenvalue weighted by Gasteiger charge is -2.20. The monoisotopic (exact) mass is 401 g/mol. The zero-order chi connectivity index (χ0) is 20.6. The summed E-state index contributed by atoms with van der Waals surface area (Å²) in [6.45, 7) is -3.22. The lowest BCUT2D eigenvalue weighted by Crippen LogP contribution is -2.33. The van der Waals surface area contributed by atoms with E-state index in [2.05, 4.69) is 10.1 Å². The minimum absolute atomic E-state index is 0.0244. The lowest BCUT2D eigenvalue weighted by molar-refractivity contribution is -0.123. The van der Waals surface area contributed by atoms with E-state index in [4.69, 9.17) is 4.74 Å². The van der Waals surface area contributed by atoms with Gasteiger partial charge >= 0.3 is 6.61 Å². The minimum Gasteiger partial charge on any atom is -0.484 e. The van der Waals surface area contributed by atoms with Crippen LogP contribution in [-0.2, 0) is 4.79 Å². The molecule has 0 aliphatic carbocycles. The molecule has 0 bridgehead atoms. The number of carbonyl (C=O) groups is 1. The third kappa shape index (κ3) is 6.00. The highest BCUT2D eigenvalue weighted by Crippen LogP contribution is 2.25. The zero-order valence-corrected chi connectivity index (χ0v) is 15.2. The number of amides is 1. The maximum atomic E-state index is 13.2. The van der Waals surface area contributed by atoms with Crippen molar-refractivity contribution < 1.29 is 27.4 Å². The molecule has 7 heteroatoms. The van der Waals surface area contributed by atoms with Crippen molar-refractivity contribution in [2.75, 3.05) is 6.61 Å². The predicted molar refractivity (Wildman–Crippen MR) is 101 cm³/mol. The molecule has 4 nitrogen and oxygen atoms in total. The fraction of sp³-hybridized carbons (Fsp3) is 0.136.